The van der Waals surface area contributed by atoms with E-state index in [0.29, 0.717) is 21.9 Å². The molecule has 0 aliphatic heterocycles. The van der Waals surface area contributed by atoms with Gasteiger partial charge in [0.15, 0.2) is 11.6 Å². The zero-order chi connectivity index (χ0) is 16.6. The molecule has 116 valence electrons. The Kier molecular flexibility index (Phi) is 4.80. The standard InChI is InChI=1S/C14H6BrF2IN3OP/c15-12-13-11(21(23-18)6-20-13)4-10(17)14(12)22-8-1-2-9(16)7(3-8)5-19/h1-4,6,23H. The molecule has 1 atom stereocenters. The highest BCUT2D eigenvalue weighted by molar-refractivity contribution is 14.2. The third-order valence-electron chi connectivity index (χ3n) is 3.06. The monoisotopic (exact) mass is 507 g/mol. The quantitative estimate of drug-likeness (QED) is 0.346. The van der Waals surface area contributed by atoms with Crippen molar-refractivity contribution in [3.8, 4) is 17.6 Å². The predicted molar refractivity (Wildman–Crippen MR) is 96.3 cm³/mol. The van der Waals surface area contributed by atoms with Crippen LogP contribution in [0.15, 0.2) is 35.1 Å². The highest BCUT2D eigenvalue weighted by Crippen LogP contribution is 2.40. The number of halogens is 4. The molecule has 9 heteroatoms. The first-order chi connectivity index (χ1) is 11.0. The van der Waals surface area contributed by atoms with Gasteiger partial charge < -0.3 is 9.07 Å². The van der Waals surface area contributed by atoms with Gasteiger partial charge in [0.25, 0.3) is 0 Å². The van der Waals surface area contributed by atoms with Crippen LogP contribution < -0.4 is 4.74 Å². The van der Waals surface area contributed by atoms with Crippen LogP contribution in [0.4, 0.5) is 8.78 Å². The van der Waals surface area contributed by atoms with E-state index in [4.69, 9.17) is 10.00 Å². The summed E-state index contributed by atoms with van der Waals surface area (Å²) in [5.41, 5.74) is 1.04. The van der Waals surface area contributed by atoms with E-state index in [-0.39, 0.29) is 17.1 Å². The van der Waals surface area contributed by atoms with E-state index < -0.39 is 11.6 Å². The Morgan fingerprint density at radius 2 is 2.09 bits per heavy atom. The van der Waals surface area contributed by atoms with E-state index in [1.165, 1.54) is 18.2 Å². The van der Waals surface area contributed by atoms with Gasteiger partial charge in [-0.2, -0.15) is 5.26 Å². The van der Waals surface area contributed by atoms with Crippen LogP contribution in [0.5, 0.6) is 11.5 Å². The number of aromatic nitrogens is 2. The zero-order valence-electron chi connectivity index (χ0n) is 11.1. The second-order valence-electron chi connectivity index (χ2n) is 4.42. The maximum atomic E-state index is 14.4. The predicted octanol–water partition coefficient (Wildman–Crippen LogP) is 5.53. The van der Waals surface area contributed by atoms with Crippen molar-refractivity contribution in [2.75, 3.05) is 0 Å². The number of hydrogen-bond acceptors (Lipinski definition) is 3. The molecule has 0 radical (unpaired) electrons. The number of nitriles is 1. The topological polar surface area (TPSA) is 50.8 Å². The van der Waals surface area contributed by atoms with Gasteiger partial charge in [0.1, 0.15) is 23.2 Å². The molecular formula is C14H6BrF2IN3OP. The lowest BCUT2D eigenvalue weighted by molar-refractivity contribution is 0.439. The van der Waals surface area contributed by atoms with E-state index >= 15 is 0 Å². The Bertz CT molecular complexity index is 957. The van der Waals surface area contributed by atoms with E-state index in [9.17, 15) is 8.78 Å². The van der Waals surface area contributed by atoms with Crippen LogP contribution in [0, 0.1) is 23.0 Å². The van der Waals surface area contributed by atoms with Gasteiger partial charge in [0.2, 0.25) is 0 Å². The lowest BCUT2D eigenvalue weighted by Crippen LogP contribution is -1.93. The van der Waals surface area contributed by atoms with E-state index in [1.54, 1.807) is 12.4 Å². The molecule has 2 aromatic carbocycles. The number of benzene rings is 2. The highest BCUT2D eigenvalue weighted by atomic mass is 127. The van der Waals surface area contributed by atoms with E-state index in [2.05, 4.69) is 43.0 Å². The molecule has 1 aromatic heterocycles. The van der Waals surface area contributed by atoms with Crippen molar-refractivity contribution in [3.63, 3.8) is 0 Å². The molecule has 1 unspecified atom stereocenters. The van der Waals surface area contributed by atoms with Crippen LogP contribution in [0.1, 0.15) is 5.56 Å². The third kappa shape index (κ3) is 3.05. The van der Waals surface area contributed by atoms with Crippen molar-refractivity contribution < 1.29 is 13.5 Å². The molecule has 1 heterocycles. The molecule has 0 amide bonds. The smallest absolute Gasteiger partial charge is 0.179 e. The number of rotatable bonds is 3. The first kappa shape index (κ1) is 16.6. The lowest BCUT2D eigenvalue weighted by atomic mass is 10.2. The molecule has 3 rings (SSSR count). The van der Waals surface area contributed by atoms with Crippen LogP contribution in [-0.4, -0.2) is 9.32 Å². The molecule has 0 aliphatic rings. The van der Waals surface area contributed by atoms with Gasteiger partial charge in [-0.1, -0.05) is 0 Å². The summed E-state index contributed by atoms with van der Waals surface area (Å²) in [4.78, 5) is 4.24. The van der Waals surface area contributed by atoms with E-state index in [1.807, 2.05) is 4.34 Å². The second kappa shape index (κ2) is 6.67. The molecule has 3 aromatic rings. The molecule has 0 saturated carbocycles. The fourth-order valence-electron chi connectivity index (χ4n) is 2.00. The summed E-state index contributed by atoms with van der Waals surface area (Å²) in [5.74, 6) is -1.13. The minimum absolute atomic E-state index is 0.0601. The minimum Gasteiger partial charge on any atom is -0.453 e. The van der Waals surface area contributed by atoms with Crippen LogP contribution in [-0.2, 0) is 0 Å². The average molecular weight is 508 g/mol. The first-order valence-corrected chi connectivity index (χ1v) is 11.0. The maximum Gasteiger partial charge on any atom is 0.179 e. The second-order valence-corrected chi connectivity index (χ2v) is 7.31. The molecule has 0 bridgehead atoms. The number of fused-ring (bicyclic) bond motifs is 1. The molecule has 0 aliphatic carbocycles. The average Bonchev–Trinajstić information content (AvgIpc) is 2.95. The van der Waals surface area contributed by atoms with Gasteiger partial charge in [-0.3, -0.25) is 0 Å². The largest absolute Gasteiger partial charge is 0.453 e. The number of hydrogen-bond donors (Lipinski definition) is 0. The summed E-state index contributed by atoms with van der Waals surface area (Å²) < 4.78 is 35.4. The van der Waals surface area contributed by atoms with Crippen LogP contribution in [0.25, 0.3) is 11.0 Å². The normalized spacial score (nSPS) is 11.3. The Balaban J connectivity index is 2.09. The lowest BCUT2D eigenvalue weighted by Gasteiger charge is -2.10. The maximum absolute atomic E-state index is 14.4. The van der Waals surface area contributed by atoms with Crippen LogP contribution >= 0.6 is 44.3 Å². The third-order valence-corrected chi connectivity index (χ3v) is 5.89. The SMILES string of the molecule is N#Cc1cc(Oc2c(F)cc3c(ncn3PI)c2Br)ccc1F. The molecule has 0 saturated heterocycles. The van der Waals surface area contributed by atoms with Crippen molar-refractivity contribution >= 4 is 55.4 Å². The van der Waals surface area contributed by atoms with Crippen molar-refractivity contribution in [2.45, 2.75) is 0 Å². The summed E-state index contributed by atoms with van der Waals surface area (Å²) in [6.45, 7) is 0. The minimum atomic E-state index is -0.656. The number of nitrogens with zero attached hydrogens (tertiary/aromatic N) is 3. The summed E-state index contributed by atoms with van der Waals surface area (Å²) >= 11 is 5.48. The van der Waals surface area contributed by atoms with Crippen molar-refractivity contribution in [1.82, 2.24) is 9.32 Å². The fraction of sp³-hybridized carbons (Fsp3) is 0. The molecular weight excluding hydrogens is 502 g/mol. The zero-order valence-corrected chi connectivity index (χ0v) is 15.9. The van der Waals surface area contributed by atoms with Crippen molar-refractivity contribution in [3.05, 3.63) is 52.3 Å². The van der Waals surface area contributed by atoms with Gasteiger partial charge in [-0.25, -0.2) is 13.8 Å². The van der Waals surface area contributed by atoms with Crippen molar-refractivity contribution in [2.24, 2.45) is 0 Å². The summed E-state index contributed by atoms with van der Waals surface area (Å²) in [7, 11) is 0. The molecule has 0 fully saturated rings. The molecule has 0 spiro atoms. The van der Waals surface area contributed by atoms with Gasteiger partial charge in [-0.15, -0.1) is 0 Å². The van der Waals surface area contributed by atoms with Crippen LogP contribution in [0.3, 0.4) is 0 Å². The Morgan fingerprint density at radius 1 is 1.30 bits per heavy atom. The van der Waals surface area contributed by atoms with Gasteiger partial charge in [0.05, 0.1) is 21.9 Å². The number of ether oxygens (including phenoxy) is 1. The number of imidazole rings is 1. The van der Waals surface area contributed by atoms with E-state index in [0.717, 1.165) is 6.07 Å². The fourth-order valence-corrected chi connectivity index (χ4v) is 4.09. The van der Waals surface area contributed by atoms with Crippen molar-refractivity contribution in [1.29, 1.82) is 5.26 Å². The highest BCUT2D eigenvalue weighted by Gasteiger charge is 2.18. The summed E-state index contributed by atoms with van der Waals surface area (Å²) in [5, 5.41) is 8.85. The first-order valence-electron chi connectivity index (χ1n) is 6.14. The molecule has 23 heavy (non-hydrogen) atoms. The Hall–Kier alpha value is -1.30. The van der Waals surface area contributed by atoms with Gasteiger partial charge in [-0.05, 0) is 50.1 Å². The molecule has 0 N–H and O–H groups in total. The molecule has 4 nitrogen and oxygen atoms in total. The van der Waals surface area contributed by atoms with Gasteiger partial charge >= 0.3 is 0 Å². The summed E-state index contributed by atoms with van der Waals surface area (Å²) in [6, 6.07) is 6.70. The Labute approximate surface area is 152 Å². The Morgan fingerprint density at radius 3 is 2.78 bits per heavy atom. The van der Waals surface area contributed by atoms with Crippen LogP contribution in [0.2, 0.25) is 0 Å². The van der Waals surface area contributed by atoms with Gasteiger partial charge in [0, 0.05) is 18.5 Å². The summed E-state index contributed by atoms with van der Waals surface area (Å²) in [6.07, 6.45) is 2.01.